The fraction of sp³-hybridized carbons (Fsp3) is 0.303. The van der Waals surface area contributed by atoms with Crippen molar-refractivity contribution in [1.29, 1.82) is 0 Å². The summed E-state index contributed by atoms with van der Waals surface area (Å²) in [4.78, 5) is 49.3. The molecule has 1 aliphatic heterocycles. The number of allylic oxidation sites excluding steroid dienone is 1. The number of rotatable bonds is 12. The Labute approximate surface area is 266 Å². The average Bonchev–Trinajstić information content (AvgIpc) is 3.31. The van der Waals surface area contributed by atoms with Gasteiger partial charge in [0.15, 0.2) is 18.1 Å². The first kappa shape index (κ1) is 33.3. The molecule has 0 saturated carbocycles. The molecule has 13 heteroatoms. The highest BCUT2D eigenvalue weighted by Crippen LogP contribution is 2.34. The summed E-state index contributed by atoms with van der Waals surface area (Å²) in [5.74, 6) is -0.853. The number of nitrogens with one attached hydrogen (secondary N) is 3. The Morgan fingerprint density at radius 1 is 0.957 bits per heavy atom. The maximum absolute atomic E-state index is 12.6. The highest BCUT2D eigenvalue weighted by molar-refractivity contribution is 5.95. The molecule has 1 atom stereocenters. The van der Waals surface area contributed by atoms with Gasteiger partial charge in [0, 0.05) is 28.3 Å². The number of nitrogens with zero attached hydrogens (tertiary/aromatic N) is 2. The van der Waals surface area contributed by atoms with E-state index in [1.54, 1.807) is 57.3 Å². The van der Waals surface area contributed by atoms with Gasteiger partial charge in [-0.05, 0) is 82.6 Å². The van der Waals surface area contributed by atoms with Crippen molar-refractivity contribution in [3.63, 3.8) is 0 Å². The van der Waals surface area contributed by atoms with Crippen LogP contribution in [0.4, 0.5) is 4.79 Å². The monoisotopic (exact) mass is 631 g/mol. The van der Waals surface area contributed by atoms with Gasteiger partial charge in [-0.1, -0.05) is 6.07 Å². The lowest BCUT2D eigenvalue weighted by atomic mass is 9.95. The molecule has 46 heavy (non-hydrogen) atoms. The van der Waals surface area contributed by atoms with E-state index in [1.165, 1.54) is 7.11 Å². The number of carbonyl (C=O) groups is 4. The maximum atomic E-state index is 12.6. The first-order valence-corrected chi connectivity index (χ1v) is 14.6. The summed E-state index contributed by atoms with van der Waals surface area (Å²) in [5.41, 5.74) is 7.63. The van der Waals surface area contributed by atoms with Crippen LogP contribution >= 0.6 is 0 Å². The van der Waals surface area contributed by atoms with Gasteiger partial charge in [-0.2, -0.15) is 5.10 Å². The standard InChI is InChI=1S/C33H37N5O8/c1-7-44-31(40)22-9-12-25(13-10-22)38-19(3)15-24(21(38)5)17-34-37-28(39)18-46-26-14-11-23(16-27(26)43-6)30-29(32(41)45-8-2)20(4)35-33(42)36-30/h9-17,30H,7-8,18H2,1-6H3,(H,37,39)(H2,35,36,42)/b34-17-/t30-/m1/s1. The fourth-order valence-electron chi connectivity index (χ4n) is 5.03. The molecule has 0 aliphatic carbocycles. The third kappa shape index (κ3) is 7.54. The molecule has 0 saturated heterocycles. The van der Waals surface area contributed by atoms with Gasteiger partial charge in [-0.15, -0.1) is 0 Å². The Balaban J connectivity index is 1.40. The maximum Gasteiger partial charge on any atom is 0.338 e. The van der Waals surface area contributed by atoms with Crippen molar-refractivity contribution >= 4 is 30.1 Å². The van der Waals surface area contributed by atoms with Crippen LogP contribution in [0, 0.1) is 13.8 Å². The molecular formula is C33H37N5O8. The van der Waals surface area contributed by atoms with Gasteiger partial charge in [0.05, 0.1) is 43.7 Å². The Bertz CT molecular complexity index is 1690. The third-order valence-corrected chi connectivity index (χ3v) is 7.14. The SMILES string of the molecule is CCOC(=O)C1=C(C)NC(=O)N[C@@H]1c1ccc(OCC(=O)N/N=C\c2cc(C)n(-c3ccc(C(=O)OCC)cc3)c2C)c(OC)c1. The number of hydrazone groups is 1. The number of hydrogen-bond donors (Lipinski definition) is 3. The smallest absolute Gasteiger partial charge is 0.338 e. The minimum Gasteiger partial charge on any atom is -0.493 e. The number of hydrogen-bond acceptors (Lipinski definition) is 9. The Morgan fingerprint density at radius 3 is 2.33 bits per heavy atom. The van der Waals surface area contributed by atoms with E-state index in [4.69, 9.17) is 18.9 Å². The molecule has 3 amide bonds. The van der Waals surface area contributed by atoms with E-state index in [0.29, 0.717) is 29.2 Å². The molecule has 4 rings (SSSR count). The number of carbonyl (C=O) groups excluding carboxylic acids is 4. The molecule has 0 spiro atoms. The summed E-state index contributed by atoms with van der Waals surface area (Å²) in [6.45, 7) is 9.09. The molecule has 0 fully saturated rings. The summed E-state index contributed by atoms with van der Waals surface area (Å²) < 4.78 is 23.4. The van der Waals surface area contributed by atoms with Crippen LogP contribution in [0.25, 0.3) is 5.69 Å². The van der Waals surface area contributed by atoms with Crippen molar-refractivity contribution in [2.45, 2.75) is 40.7 Å². The second-order valence-electron chi connectivity index (χ2n) is 10.2. The number of methoxy groups -OCH3 is 1. The second-order valence-corrected chi connectivity index (χ2v) is 10.2. The summed E-state index contributed by atoms with van der Waals surface area (Å²) in [6, 6.07) is 12.7. The largest absolute Gasteiger partial charge is 0.493 e. The molecule has 3 N–H and O–H groups in total. The summed E-state index contributed by atoms with van der Waals surface area (Å²) in [5, 5.41) is 9.42. The lowest BCUT2D eigenvalue weighted by Crippen LogP contribution is -2.45. The van der Waals surface area contributed by atoms with E-state index >= 15 is 0 Å². The van der Waals surface area contributed by atoms with Crippen LogP contribution < -0.4 is 25.5 Å². The van der Waals surface area contributed by atoms with Crippen LogP contribution in [-0.4, -0.2) is 61.6 Å². The average molecular weight is 632 g/mol. The number of urea groups is 1. The Kier molecular flexibility index (Phi) is 10.8. The number of aromatic nitrogens is 1. The van der Waals surface area contributed by atoms with Crippen LogP contribution in [-0.2, 0) is 19.1 Å². The van der Waals surface area contributed by atoms with Crippen LogP contribution in [0.1, 0.15) is 59.7 Å². The van der Waals surface area contributed by atoms with Crippen molar-refractivity contribution in [2.24, 2.45) is 5.10 Å². The molecule has 0 radical (unpaired) electrons. The van der Waals surface area contributed by atoms with E-state index in [2.05, 4.69) is 21.2 Å². The molecule has 0 bridgehead atoms. The molecule has 242 valence electrons. The van der Waals surface area contributed by atoms with Crippen LogP contribution in [0.15, 0.2) is 64.9 Å². The molecule has 1 aliphatic rings. The van der Waals surface area contributed by atoms with Crippen molar-refractivity contribution in [3.8, 4) is 17.2 Å². The molecule has 0 unspecified atom stereocenters. The number of esters is 2. The topological polar surface area (TPSA) is 159 Å². The van der Waals surface area contributed by atoms with E-state index in [9.17, 15) is 19.2 Å². The Morgan fingerprint density at radius 2 is 1.65 bits per heavy atom. The predicted octanol–water partition coefficient (Wildman–Crippen LogP) is 4.00. The van der Waals surface area contributed by atoms with E-state index in [1.807, 2.05) is 36.6 Å². The van der Waals surface area contributed by atoms with Crippen molar-refractivity contribution < 1.29 is 38.1 Å². The van der Waals surface area contributed by atoms with Crippen LogP contribution in [0.5, 0.6) is 11.5 Å². The minimum atomic E-state index is -0.778. The number of benzene rings is 2. The summed E-state index contributed by atoms with van der Waals surface area (Å²) in [6.07, 6.45) is 1.54. The fourth-order valence-corrected chi connectivity index (χ4v) is 5.03. The molecule has 3 aromatic rings. The van der Waals surface area contributed by atoms with Gasteiger partial charge in [0.1, 0.15) is 0 Å². The predicted molar refractivity (Wildman–Crippen MR) is 169 cm³/mol. The third-order valence-electron chi connectivity index (χ3n) is 7.14. The quantitative estimate of drug-likeness (QED) is 0.154. The molecular weight excluding hydrogens is 594 g/mol. The lowest BCUT2D eigenvalue weighted by Gasteiger charge is -2.28. The lowest BCUT2D eigenvalue weighted by molar-refractivity contribution is -0.139. The van der Waals surface area contributed by atoms with Crippen molar-refractivity contribution in [2.75, 3.05) is 26.9 Å². The van der Waals surface area contributed by atoms with E-state index in [0.717, 1.165) is 22.6 Å². The minimum absolute atomic E-state index is 0.179. The molecule has 2 aromatic carbocycles. The molecule has 2 heterocycles. The van der Waals surface area contributed by atoms with Gasteiger partial charge in [0.2, 0.25) is 0 Å². The van der Waals surface area contributed by atoms with Crippen molar-refractivity contribution in [3.05, 3.63) is 87.9 Å². The summed E-state index contributed by atoms with van der Waals surface area (Å²) >= 11 is 0. The highest BCUT2D eigenvalue weighted by Gasteiger charge is 2.32. The van der Waals surface area contributed by atoms with Crippen molar-refractivity contribution in [1.82, 2.24) is 20.6 Å². The van der Waals surface area contributed by atoms with Gasteiger partial charge < -0.3 is 34.1 Å². The summed E-state index contributed by atoms with van der Waals surface area (Å²) in [7, 11) is 1.44. The number of amides is 3. The van der Waals surface area contributed by atoms with E-state index in [-0.39, 0.29) is 30.5 Å². The first-order valence-electron chi connectivity index (χ1n) is 14.6. The van der Waals surface area contributed by atoms with Crippen LogP contribution in [0.2, 0.25) is 0 Å². The highest BCUT2D eigenvalue weighted by atomic mass is 16.5. The van der Waals surface area contributed by atoms with Gasteiger partial charge in [-0.3, -0.25) is 4.79 Å². The number of ether oxygens (including phenoxy) is 4. The molecule has 1 aromatic heterocycles. The van der Waals surface area contributed by atoms with E-state index < -0.39 is 23.9 Å². The zero-order valence-corrected chi connectivity index (χ0v) is 26.6. The first-order chi connectivity index (χ1) is 22.1. The number of aryl methyl sites for hydroxylation is 1. The zero-order valence-electron chi connectivity index (χ0n) is 26.6. The van der Waals surface area contributed by atoms with Gasteiger partial charge >= 0.3 is 18.0 Å². The van der Waals surface area contributed by atoms with Gasteiger partial charge in [-0.25, -0.2) is 19.8 Å². The zero-order chi connectivity index (χ0) is 33.4. The normalized spacial score (nSPS) is 14.4. The van der Waals surface area contributed by atoms with Gasteiger partial charge in [0.25, 0.3) is 5.91 Å². The Hall–Kier alpha value is -5.59. The molecule has 13 nitrogen and oxygen atoms in total. The second kappa shape index (κ2) is 14.9. The van der Waals surface area contributed by atoms with Crippen LogP contribution in [0.3, 0.4) is 0 Å².